The number of hydrogen-bond acceptors (Lipinski definition) is 5. The summed E-state index contributed by atoms with van der Waals surface area (Å²) in [5.41, 5.74) is 0. The molecule has 1 aliphatic rings. The van der Waals surface area contributed by atoms with Gasteiger partial charge in [-0.2, -0.15) is 0 Å². The summed E-state index contributed by atoms with van der Waals surface area (Å²) >= 11 is 0. The van der Waals surface area contributed by atoms with Crippen molar-refractivity contribution in [1.29, 1.82) is 0 Å². The number of aliphatic carboxylic acids is 1. The number of piperazine rings is 1. The lowest BCUT2D eigenvalue weighted by atomic mass is 10.1. The molecule has 1 aliphatic heterocycles. The van der Waals surface area contributed by atoms with E-state index in [0.29, 0.717) is 19.0 Å². The summed E-state index contributed by atoms with van der Waals surface area (Å²) in [7, 11) is 0. The van der Waals surface area contributed by atoms with Gasteiger partial charge in [0.05, 0.1) is 6.54 Å². The lowest BCUT2D eigenvalue weighted by Gasteiger charge is -2.38. The highest BCUT2D eigenvalue weighted by atomic mass is 16.4. The molecule has 0 bridgehead atoms. The number of carboxylic acids is 1. The molecule has 1 aromatic heterocycles. The van der Waals surface area contributed by atoms with Crippen LogP contribution in [0.3, 0.4) is 0 Å². The first-order valence-corrected chi connectivity index (χ1v) is 5.61. The molecule has 1 aromatic rings. The van der Waals surface area contributed by atoms with Gasteiger partial charge in [0.2, 0.25) is 11.9 Å². The van der Waals surface area contributed by atoms with Gasteiger partial charge in [0.25, 0.3) is 0 Å². The Morgan fingerprint density at radius 3 is 2.56 bits per heavy atom. The molecule has 2 heterocycles. The Balaban J connectivity index is 2.21. The highest BCUT2D eigenvalue weighted by Crippen LogP contribution is 2.16. The van der Waals surface area contributed by atoms with Gasteiger partial charge in [0.15, 0.2) is 0 Å². The minimum atomic E-state index is -0.978. The van der Waals surface area contributed by atoms with E-state index in [2.05, 4.69) is 9.97 Å². The molecule has 0 spiro atoms. The van der Waals surface area contributed by atoms with Crippen molar-refractivity contribution in [3.8, 4) is 0 Å². The van der Waals surface area contributed by atoms with Gasteiger partial charge < -0.3 is 14.9 Å². The van der Waals surface area contributed by atoms with Gasteiger partial charge in [-0.3, -0.25) is 4.79 Å². The van der Waals surface area contributed by atoms with Crippen molar-refractivity contribution in [3.63, 3.8) is 0 Å². The maximum atomic E-state index is 11.3. The second-order valence-electron chi connectivity index (χ2n) is 4.06. The third kappa shape index (κ3) is 2.39. The Kier molecular flexibility index (Phi) is 3.40. The average Bonchev–Trinajstić information content (AvgIpc) is 2.39. The van der Waals surface area contributed by atoms with Gasteiger partial charge in [0.1, 0.15) is 6.04 Å². The van der Waals surface area contributed by atoms with Gasteiger partial charge in [-0.05, 0) is 6.07 Å². The average molecular weight is 250 g/mol. The molecule has 2 rings (SSSR count). The summed E-state index contributed by atoms with van der Waals surface area (Å²) in [6.45, 7) is 2.49. The van der Waals surface area contributed by atoms with Gasteiger partial charge in [-0.1, -0.05) is 0 Å². The zero-order valence-electron chi connectivity index (χ0n) is 9.98. The number of carbonyl (C=O) groups is 2. The number of carbonyl (C=O) groups excluding carboxylic acids is 1. The van der Waals surface area contributed by atoms with Crippen molar-refractivity contribution >= 4 is 17.8 Å². The highest BCUT2D eigenvalue weighted by Gasteiger charge is 2.34. The summed E-state index contributed by atoms with van der Waals surface area (Å²) in [4.78, 5) is 33.8. The summed E-state index contributed by atoms with van der Waals surface area (Å²) in [5, 5.41) is 9.23. The molecule has 1 saturated heterocycles. The molecular weight excluding hydrogens is 236 g/mol. The predicted octanol–water partition coefficient (Wildman–Crippen LogP) is -0.402. The van der Waals surface area contributed by atoms with Crippen LogP contribution in [0.15, 0.2) is 18.5 Å². The monoisotopic (exact) mass is 250 g/mol. The van der Waals surface area contributed by atoms with Crippen molar-refractivity contribution in [3.05, 3.63) is 18.5 Å². The van der Waals surface area contributed by atoms with Gasteiger partial charge in [-0.15, -0.1) is 0 Å². The summed E-state index contributed by atoms with van der Waals surface area (Å²) in [6.07, 6.45) is 3.14. The molecule has 1 N–H and O–H groups in total. The molecule has 0 radical (unpaired) electrons. The molecular formula is C11H14N4O3. The second kappa shape index (κ2) is 4.99. The van der Waals surface area contributed by atoms with E-state index in [1.54, 1.807) is 23.4 Å². The zero-order valence-corrected chi connectivity index (χ0v) is 9.98. The van der Waals surface area contributed by atoms with E-state index in [1.165, 1.54) is 11.8 Å². The number of rotatable bonds is 2. The first kappa shape index (κ1) is 12.3. The first-order valence-electron chi connectivity index (χ1n) is 5.61. The van der Waals surface area contributed by atoms with Crippen LogP contribution < -0.4 is 4.90 Å². The Labute approximate surface area is 104 Å². The van der Waals surface area contributed by atoms with E-state index in [-0.39, 0.29) is 12.5 Å². The number of anilines is 1. The number of carboxylic acid groups (broad SMARTS) is 1. The SMILES string of the molecule is CC(=O)N1CCN(c2ncccn2)[C@@H](C(=O)O)C1. The quantitative estimate of drug-likeness (QED) is 0.768. The summed E-state index contributed by atoms with van der Waals surface area (Å²) in [5.74, 6) is -0.712. The predicted molar refractivity (Wildman–Crippen MR) is 63.1 cm³/mol. The lowest BCUT2D eigenvalue weighted by molar-refractivity contribution is -0.141. The minimum absolute atomic E-state index is 0.116. The van der Waals surface area contributed by atoms with Crippen LogP contribution in [-0.4, -0.2) is 57.5 Å². The second-order valence-corrected chi connectivity index (χ2v) is 4.06. The fourth-order valence-corrected chi connectivity index (χ4v) is 1.96. The number of nitrogens with zero attached hydrogens (tertiary/aromatic N) is 4. The molecule has 96 valence electrons. The van der Waals surface area contributed by atoms with Gasteiger partial charge in [0, 0.05) is 32.4 Å². The standard InChI is InChI=1S/C11H14N4O3/c1-8(16)14-5-6-15(9(7-14)10(17)18)11-12-3-2-4-13-11/h2-4,9H,5-7H2,1H3,(H,17,18)/t9-/m1/s1. The van der Waals surface area contributed by atoms with Crippen LogP contribution in [0.25, 0.3) is 0 Å². The first-order chi connectivity index (χ1) is 8.59. The molecule has 0 unspecified atom stereocenters. The van der Waals surface area contributed by atoms with E-state index < -0.39 is 12.0 Å². The Hall–Kier alpha value is -2.18. The van der Waals surface area contributed by atoms with Crippen molar-refractivity contribution in [2.24, 2.45) is 0 Å². The van der Waals surface area contributed by atoms with E-state index in [4.69, 9.17) is 0 Å². The Morgan fingerprint density at radius 2 is 2.00 bits per heavy atom. The molecule has 7 heteroatoms. The molecule has 0 saturated carbocycles. The van der Waals surface area contributed by atoms with Crippen molar-refractivity contribution in [1.82, 2.24) is 14.9 Å². The molecule has 1 amide bonds. The van der Waals surface area contributed by atoms with Crippen LogP contribution in [0.1, 0.15) is 6.92 Å². The van der Waals surface area contributed by atoms with Crippen LogP contribution in [-0.2, 0) is 9.59 Å². The summed E-state index contributed by atoms with van der Waals surface area (Å²) < 4.78 is 0. The zero-order chi connectivity index (χ0) is 13.1. The lowest BCUT2D eigenvalue weighted by Crippen LogP contribution is -2.58. The van der Waals surface area contributed by atoms with Crippen molar-refractivity contribution in [2.75, 3.05) is 24.5 Å². The third-order valence-corrected chi connectivity index (χ3v) is 2.92. The van der Waals surface area contributed by atoms with E-state index in [0.717, 1.165) is 0 Å². The van der Waals surface area contributed by atoms with Crippen LogP contribution in [0, 0.1) is 0 Å². The normalized spacial score (nSPS) is 19.7. The molecule has 18 heavy (non-hydrogen) atoms. The minimum Gasteiger partial charge on any atom is -0.480 e. The molecule has 1 fully saturated rings. The maximum absolute atomic E-state index is 11.3. The van der Waals surface area contributed by atoms with Crippen LogP contribution in [0.2, 0.25) is 0 Å². The van der Waals surface area contributed by atoms with Crippen LogP contribution >= 0.6 is 0 Å². The maximum Gasteiger partial charge on any atom is 0.328 e. The Morgan fingerprint density at radius 1 is 1.33 bits per heavy atom. The summed E-state index contributed by atoms with van der Waals surface area (Å²) in [6, 6.07) is 0.871. The Bertz CT molecular complexity index is 451. The molecule has 0 aliphatic carbocycles. The van der Waals surface area contributed by atoms with E-state index >= 15 is 0 Å². The molecule has 7 nitrogen and oxygen atoms in total. The van der Waals surface area contributed by atoms with Gasteiger partial charge in [-0.25, -0.2) is 14.8 Å². The molecule has 1 atom stereocenters. The van der Waals surface area contributed by atoms with Crippen LogP contribution in [0.5, 0.6) is 0 Å². The largest absolute Gasteiger partial charge is 0.480 e. The van der Waals surface area contributed by atoms with Crippen LogP contribution in [0.4, 0.5) is 5.95 Å². The van der Waals surface area contributed by atoms with Crippen molar-refractivity contribution < 1.29 is 14.7 Å². The fourth-order valence-electron chi connectivity index (χ4n) is 1.96. The number of amides is 1. The van der Waals surface area contributed by atoms with Crippen molar-refractivity contribution in [2.45, 2.75) is 13.0 Å². The third-order valence-electron chi connectivity index (χ3n) is 2.92. The smallest absolute Gasteiger partial charge is 0.328 e. The number of aromatic nitrogens is 2. The van der Waals surface area contributed by atoms with Gasteiger partial charge >= 0.3 is 5.97 Å². The van der Waals surface area contributed by atoms with E-state index in [1.807, 2.05) is 0 Å². The topological polar surface area (TPSA) is 86.6 Å². The number of hydrogen-bond donors (Lipinski definition) is 1. The van der Waals surface area contributed by atoms with E-state index in [9.17, 15) is 14.7 Å². The molecule has 0 aromatic carbocycles. The highest BCUT2D eigenvalue weighted by molar-refractivity contribution is 5.80. The fraction of sp³-hybridized carbons (Fsp3) is 0.455.